The monoisotopic (exact) mass is 349 g/mol. The summed E-state index contributed by atoms with van der Waals surface area (Å²) >= 11 is 6.04. The van der Waals surface area contributed by atoms with Crippen molar-refractivity contribution < 1.29 is 0 Å². The Labute approximate surface area is 153 Å². The highest BCUT2D eigenvalue weighted by Gasteiger charge is 2.16. The summed E-state index contributed by atoms with van der Waals surface area (Å²) in [5, 5.41) is 3.92. The summed E-state index contributed by atoms with van der Waals surface area (Å²) in [6.07, 6.45) is 8.17. The van der Waals surface area contributed by atoms with Crippen molar-refractivity contribution in [3.05, 3.63) is 88.5 Å². The van der Waals surface area contributed by atoms with Crippen molar-refractivity contribution in [2.45, 2.75) is 13.5 Å². The highest BCUT2D eigenvalue weighted by molar-refractivity contribution is 6.29. The Kier molecular flexibility index (Phi) is 4.33. The van der Waals surface area contributed by atoms with Crippen LogP contribution in [0.4, 0.5) is 0 Å². The minimum absolute atomic E-state index is 0.721. The first kappa shape index (κ1) is 16.0. The zero-order valence-electron chi connectivity index (χ0n) is 14.2. The number of hydrogen-bond acceptors (Lipinski definition) is 3. The molecule has 126 valence electrons. The maximum Gasteiger partial charge on any atom is 0.103 e. The second kappa shape index (κ2) is 6.77. The molecule has 1 N–H and O–H groups in total. The van der Waals surface area contributed by atoms with Crippen LogP contribution < -0.4 is 5.32 Å². The lowest BCUT2D eigenvalue weighted by Gasteiger charge is -2.29. The van der Waals surface area contributed by atoms with Gasteiger partial charge in [-0.2, -0.15) is 0 Å². The van der Waals surface area contributed by atoms with E-state index >= 15 is 0 Å². The van der Waals surface area contributed by atoms with Crippen LogP contribution in [0.2, 0.25) is 0 Å². The summed E-state index contributed by atoms with van der Waals surface area (Å²) in [6.45, 7) is 4.68. The highest BCUT2D eigenvalue weighted by Crippen LogP contribution is 2.24. The van der Waals surface area contributed by atoms with E-state index < -0.39 is 0 Å². The van der Waals surface area contributed by atoms with Gasteiger partial charge in [-0.15, -0.1) is 0 Å². The molecular weight excluding hydrogens is 330 g/mol. The van der Waals surface area contributed by atoms with Crippen LogP contribution in [0, 0.1) is 6.92 Å². The van der Waals surface area contributed by atoms with Gasteiger partial charge in [-0.05, 0) is 59.0 Å². The van der Waals surface area contributed by atoms with Crippen molar-refractivity contribution in [1.29, 1.82) is 0 Å². The molecular formula is C21H20ClN3. The molecule has 2 aromatic rings. The Morgan fingerprint density at radius 2 is 2.00 bits per heavy atom. The smallest absolute Gasteiger partial charge is 0.103 e. The molecule has 4 heteroatoms. The second-order valence-electron chi connectivity index (χ2n) is 6.51. The molecule has 0 fully saturated rings. The predicted octanol–water partition coefficient (Wildman–Crippen LogP) is 4.37. The molecule has 4 rings (SSSR count). The summed E-state index contributed by atoms with van der Waals surface area (Å²) in [5.74, 6) is 0. The number of nitrogens with zero attached hydrogens (tertiary/aromatic N) is 2. The maximum atomic E-state index is 6.04. The van der Waals surface area contributed by atoms with E-state index in [0.717, 1.165) is 30.5 Å². The number of rotatable bonds is 3. The molecule has 3 heterocycles. The summed E-state index contributed by atoms with van der Waals surface area (Å²) in [5.41, 5.74) is 7.41. The average Bonchev–Trinajstić information content (AvgIpc) is 2.62. The number of dihydropyridines is 1. The van der Waals surface area contributed by atoms with Crippen LogP contribution in [0.25, 0.3) is 11.1 Å². The van der Waals surface area contributed by atoms with E-state index in [2.05, 4.69) is 63.9 Å². The fourth-order valence-corrected chi connectivity index (χ4v) is 3.43. The van der Waals surface area contributed by atoms with Crippen molar-refractivity contribution in [1.82, 2.24) is 15.2 Å². The van der Waals surface area contributed by atoms with Gasteiger partial charge in [0.05, 0.1) is 0 Å². The summed E-state index contributed by atoms with van der Waals surface area (Å²) < 4.78 is 0. The van der Waals surface area contributed by atoms with Gasteiger partial charge < -0.3 is 10.2 Å². The average molecular weight is 350 g/mol. The molecule has 0 spiro atoms. The first-order valence-electron chi connectivity index (χ1n) is 8.45. The molecule has 0 bridgehead atoms. The van der Waals surface area contributed by atoms with Gasteiger partial charge in [-0.1, -0.05) is 35.9 Å². The van der Waals surface area contributed by atoms with E-state index in [0.29, 0.717) is 0 Å². The molecule has 3 nitrogen and oxygen atoms in total. The van der Waals surface area contributed by atoms with E-state index in [-0.39, 0.29) is 0 Å². The van der Waals surface area contributed by atoms with Crippen LogP contribution >= 0.6 is 11.6 Å². The van der Waals surface area contributed by atoms with Gasteiger partial charge in [-0.3, -0.25) is 4.98 Å². The number of allylic oxidation sites excluding steroid dienone is 3. The Morgan fingerprint density at radius 1 is 1.16 bits per heavy atom. The van der Waals surface area contributed by atoms with Crippen molar-refractivity contribution >= 4 is 11.6 Å². The van der Waals surface area contributed by atoms with Crippen molar-refractivity contribution in [2.75, 3.05) is 13.1 Å². The lowest BCUT2D eigenvalue weighted by atomic mass is 10.0. The van der Waals surface area contributed by atoms with Crippen LogP contribution in [-0.2, 0) is 6.54 Å². The zero-order valence-corrected chi connectivity index (χ0v) is 14.9. The minimum Gasteiger partial charge on any atom is -0.372 e. The van der Waals surface area contributed by atoms with E-state index in [1.807, 2.05) is 19.2 Å². The van der Waals surface area contributed by atoms with Crippen LogP contribution in [0.3, 0.4) is 0 Å². The topological polar surface area (TPSA) is 28.2 Å². The molecule has 0 atom stereocenters. The predicted molar refractivity (Wildman–Crippen MR) is 103 cm³/mol. The second-order valence-corrected chi connectivity index (χ2v) is 6.92. The van der Waals surface area contributed by atoms with E-state index in [4.69, 9.17) is 11.6 Å². The Hall–Kier alpha value is -2.52. The molecule has 0 saturated carbocycles. The zero-order chi connectivity index (χ0) is 17.2. The fraction of sp³-hybridized carbons (Fsp3) is 0.190. The molecule has 0 amide bonds. The van der Waals surface area contributed by atoms with Gasteiger partial charge in [0.1, 0.15) is 5.16 Å². The van der Waals surface area contributed by atoms with Crippen molar-refractivity contribution in [2.24, 2.45) is 0 Å². The number of aromatic nitrogens is 1. The van der Waals surface area contributed by atoms with Gasteiger partial charge >= 0.3 is 0 Å². The third kappa shape index (κ3) is 3.62. The third-order valence-electron chi connectivity index (χ3n) is 4.59. The highest BCUT2D eigenvalue weighted by atomic mass is 35.5. The summed E-state index contributed by atoms with van der Waals surface area (Å²) in [6, 6.07) is 13.0. The molecule has 0 aliphatic carbocycles. The molecule has 0 saturated heterocycles. The van der Waals surface area contributed by atoms with Crippen LogP contribution in [0.5, 0.6) is 0 Å². The number of aryl methyl sites for hydroxylation is 1. The fourth-order valence-electron chi connectivity index (χ4n) is 3.25. The molecule has 2 aliphatic heterocycles. The van der Waals surface area contributed by atoms with Gasteiger partial charge in [0, 0.05) is 37.7 Å². The van der Waals surface area contributed by atoms with E-state index in [1.54, 1.807) is 0 Å². The van der Waals surface area contributed by atoms with Gasteiger partial charge in [-0.25, -0.2) is 0 Å². The van der Waals surface area contributed by atoms with Gasteiger partial charge in [0.15, 0.2) is 0 Å². The molecule has 1 aromatic carbocycles. The van der Waals surface area contributed by atoms with E-state index in [9.17, 15) is 0 Å². The molecule has 0 unspecified atom stereocenters. The third-order valence-corrected chi connectivity index (χ3v) is 4.83. The number of halogens is 1. The summed E-state index contributed by atoms with van der Waals surface area (Å²) in [4.78, 5) is 6.59. The largest absolute Gasteiger partial charge is 0.372 e. The normalized spacial score (nSPS) is 16.4. The quantitative estimate of drug-likeness (QED) is 0.834. The number of nitrogens with one attached hydrogen (secondary N) is 1. The van der Waals surface area contributed by atoms with Crippen molar-refractivity contribution in [3.63, 3.8) is 0 Å². The Balaban J connectivity index is 1.45. The molecule has 0 radical (unpaired) electrons. The first-order chi connectivity index (χ1) is 12.2. The first-order valence-corrected chi connectivity index (χ1v) is 8.82. The van der Waals surface area contributed by atoms with Crippen molar-refractivity contribution in [3.8, 4) is 11.1 Å². The molecule has 25 heavy (non-hydrogen) atoms. The lowest BCUT2D eigenvalue weighted by Crippen LogP contribution is -2.30. The van der Waals surface area contributed by atoms with Gasteiger partial charge in [0.2, 0.25) is 0 Å². The lowest BCUT2D eigenvalue weighted by molar-refractivity contribution is 0.389. The Morgan fingerprint density at radius 3 is 2.80 bits per heavy atom. The van der Waals surface area contributed by atoms with Crippen LogP contribution in [0.15, 0.2) is 77.2 Å². The van der Waals surface area contributed by atoms with Crippen LogP contribution in [-0.4, -0.2) is 23.0 Å². The number of pyridine rings is 1. The Bertz CT molecular complexity index is 878. The minimum atomic E-state index is 0.721. The SMILES string of the molecule is Cc1cc(-c2ccc(CN3C=CC4=C(CNC(Cl)=C4)C3)cc2)ccn1. The number of benzene rings is 1. The maximum absolute atomic E-state index is 6.04. The van der Waals surface area contributed by atoms with Gasteiger partial charge in [0.25, 0.3) is 0 Å². The molecule has 1 aromatic heterocycles. The van der Waals surface area contributed by atoms with Crippen LogP contribution in [0.1, 0.15) is 11.3 Å². The molecule has 2 aliphatic rings. The van der Waals surface area contributed by atoms with E-state index in [1.165, 1.54) is 27.8 Å². The summed E-state index contributed by atoms with van der Waals surface area (Å²) in [7, 11) is 0. The standard InChI is InChI=1S/C21H20ClN3/c1-15-10-18(6-8-23-15)17-4-2-16(3-5-17)13-25-9-7-19-11-21(22)24-12-20(19)14-25/h2-11,24H,12-14H2,1H3. The number of hydrogen-bond donors (Lipinski definition) is 1.